The lowest BCUT2D eigenvalue weighted by molar-refractivity contribution is 0.439. The summed E-state index contributed by atoms with van der Waals surface area (Å²) in [5.74, 6) is 0. The summed E-state index contributed by atoms with van der Waals surface area (Å²) in [6.45, 7) is 5.25. The molecule has 0 aliphatic rings. The molecule has 1 aromatic rings. The minimum atomic E-state index is -4.14. The molecule has 1 N–H and O–H groups in total. The Labute approximate surface area is 96.6 Å². The first kappa shape index (κ1) is 12.9. The minimum Gasteiger partial charge on any atom is -0.285 e. The van der Waals surface area contributed by atoms with E-state index >= 15 is 0 Å². The van der Waals surface area contributed by atoms with Gasteiger partial charge in [-0.3, -0.25) is 4.55 Å². The highest BCUT2D eigenvalue weighted by molar-refractivity contribution is 7.87. The van der Waals surface area contributed by atoms with Gasteiger partial charge in [0.25, 0.3) is 10.1 Å². The van der Waals surface area contributed by atoms with Gasteiger partial charge in [-0.15, -0.1) is 6.58 Å². The van der Waals surface area contributed by atoms with Gasteiger partial charge >= 0.3 is 0 Å². The summed E-state index contributed by atoms with van der Waals surface area (Å²) in [6.07, 6.45) is 1.85. The lowest BCUT2D eigenvalue weighted by atomic mass is 9.96. The number of hydrogen-bond acceptors (Lipinski definition) is 2. The molecular weight excluding hydrogens is 224 g/mol. The second-order valence-corrected chi connectivity index (χ2v) is 5.52. The average Bonchev–Trinajstić information content (AvgIpc) is 2.25. The molecule has 0 bridgehead atoms. The van der Waals surface area contributed by atoms with Crippen LogP contribution in [0.2, 0.25) is 0 Å². The second kappa shape index (κ2) is 4.80. The normalized spacial score (nSPS) is 15.4. The highest BCUT2D eigenvalue weighted by Crippen LogP contribution is 2.27. The van der Waals surface area contributed by atoms with Gasteiger partial charge in [-0.2, -0.15) is 8.42 Å². The molecule has 0 aromatic heterocycles. The molecule has 0 aliphatic carbocycles. The Morgan fingerprint density at radius 2 is 1.94 bits per heavy atom. The monoisotopic (exact) mass is 240 g/mol. The van der Waals surface area contributed by atoms with Gasteiger partial charge in [-0.25, -0.2) is 0 Å². The Balaban J connectivity index is 3.11. The van der Waals surface area contributed by atoms with E-state index in [1.54, 1.807) is 6.92 Å². The van der Waals surface area contributed by atoms with Crippen LogP contribution in [0, 0.1) is 0 Å². The summed E-state index contributed by atoms with van der Waals surface area (Å²) >= 11 is 0. The molecule has 0 spiro atoms. The Hall–Kier alpha value is -1.13. The van der Waals surface area contributed by atoms with E-state index in [4.69, 9.17) is 0 Å². The Morgan fingerprint density at radius 1 is 1.38 bits per heavy atom. The van der Waals surface area contributed by atoms with E-state index < -0.39 is 14.9 Å². The molecule has 1 atom stereocenters. The molecule has 0 heterocycles. The summed E-state index contributed by atoms with van der Waals surface area (Å²) < 4.78 is 30.8. The van der Waals surface area contributed by atoms with Crippen molar-refractivity contribution in [2.45, 2.75) is 24.5 Å². The van der Waals surface area contributed by atoms with Crippen molar-refractivity contribution in [2.75, 3.05) is 0 Å². The maximum atomic E-state index is 11.4. The third-order valence-electron chi connectivity index (χ3n) is 2.83. The summed E-state index contributed by atoms with van der Waals surface area (Å²) in [5, 5.41) is 0. The van der Waals surface area contributed by atoms with Crippen LogP contribution in [0.4, 0.5) is 0 Å². The van der Waals surface area contributed by atoms with Gasteiger partial charge in [0.05, 0.1) is 0 Å². The first-order valence-corrected chi connectivity index (χ1v) is 6.54. The quantitative estimate of drug-likeness (QED) is 0.635. The molecule has 1 rings (SSSR count). The fourth-order valence-corrected chi connectivity index (χ4v) is 2.59. The Bertz CT molecular complexity index is 450. The van der Waals surface area contributed by atoms with Gasteiger partial charge < -0.3 is 0 Å². The van der Waals surface area contributed by atoms with Crippen molar-refractivity contribution in [3.63, 3.8) is 0 Å². The van der Waals surface area contributed by atoms with E-state index in [-0.39, 0.29) is 6.42 Å². The average molecular weight is 240 g/mol. The van der Waals surface area contributed by atoms with Crippen molar-refractivity contribution in [2.24, 2.45) is 0 Å². The molecule has 0 saturated carbocycles. The summed E-state index contributed by atoms with van der Waals surface area (Å²) in [6, 6.07) is 9.20. The molecule has 1 unspecified atom stereocenters. The SMILES string of the molecule is C=CC(CC)(Cc1ccccc1)S(=O)(=O)O. The predicted molar refractivity (Wildman–Crippen MR) is 64.9 cm³/mol. The third-order valence-corrected chi connectivity index (χ3v) is 4.46. The van der Waals surface area contributed by atoms with E-state index in [9.17, 15) is 13.0 Å². The molecule has 4 heteroatoms. The second-order valence-electron chi connectivity index (χ2n) is 3.76. The van der Waals surface area contributed by atoms with Crippen molar-refractivity contribution in [3.05, 3.63) is 48.6 Å². The molecule has 1 aromatic carbocycles. The first-order chi connectivity index (χ1) is 7.45. The van der Waals surface area contributed by atoms with E-state index in [1.807, 2.05) is 30.3 Å². The van der Waals surface area contributed by atoms with Crippen molar-refractivity contribution < 1.29 is 13.0 Å². The van der Waals surface area contributed by atoms with Crippen LogP contribution in [0.15, 0.2) is 43.0 Å². The van der Waals surface area contributed by atoms with E-state index in [0.29, 0.717) is 6.42 Å². The molecule has 0 aliphatic heterocycles. The van der Waals surface area contributed by atoms with Crippen molar-refractivity contribution >= 4 is 10.1 Å². The molecule has 0 fully saturated rings. The zero-order valence-electron chi connectivity index (χ0n) is 9.26. The lowest BCUT2D eigenvalue weighted by Gasteiger charge is -2.25. The fraction of sp³-hybridized carbons (Fsp3) is 0.333. The van der Waals surface area contributed by atoms with E-state index in [2.05, 4.69) is 6.58 Å². The zero-order valence-corrected chi connectivity index (χ0v) is 10.1. The van der Waals surface area contributed by atoms with Crippen LogP contribution in [-0.4, -0.2) is 17.7 Å². The first-order valence-electron chi connectivity index (χ1n) is 5.10. The van der Waals surface area contributed by atoms with Crippen LogP contribution in [0.1, 0.15) is 18.9 Å². The van der Waals surface area contributed by atoms with Gasteiger partial charge in [0, 0.05) is 0 Å². The van der Waals surface area contributed by atoms with Gasteiger partial charge in [0.2, 0.25) is 0 Å². The maximum absolute atomic E-state index is 11.4. The van der Waals surface area contributed by atoms with E-state index in [1.165, 1.54) is 6.08 Å². The highest BCUT2D eigenvalue weighted by Gasteiger charge is 2.38. The van der Waals surface area contributed by atoms with E-state index in [0.717, 1.165) is 5.56 Å². The number of hydrogen-bond donors (Lipinski definition) is 1. The molecular formula is C12H16O3S. The van der Waals surface area contributed by atoms with Gasteiger partial charge in [0.1, 0.15) is 4.75 Å². The number of rotatable bonds is 5. The van der Waals surface area contributed by atoms with Crippen LogP contribution in [0.25, 0.3) is 0 Å². The fourth-order valence-electron chi connectivity index (χ4n) is 1.66. The maximum Gasteiger partial charge on any atom is 0.274 e. The molecule has 16 heavy (non-hydrogen) atoms. The Morgan fingerprint density at radius 3 is 2.31 bits per heavy atom. The van der Waals surface area contributed by atoms with Crippen LogP contribution < -0.4 is 0 Å². The molecule has 88 valence electrons. The summed E-state index contributed by atoms with van der Waals surface area (Å²) in [7, 11) is -4.14. The lowest BCUT2D eigenvalue weighted by Crippen LogP contribution is -2.37. The largest absolute Gasteiger partial charge is 0.285 e. The topological polar surface area (TPSA) is 54.4 Å². The van der Waals surface area contributed by atoms with Crippen LogP contribution in [0.3, 0.4) is 0 Å². The summed E-state index contributed by atoms with van der Waals surface area (Å²) in [5.41, 5.74) is 0.863. The molecule has 0 radical (unpaired) electrons. The summed E-state index contributed by atoms with van der Waals surface area (Å²) in [4.78, 5) is 0. The van der Waals surface area contributed by atoms with Crippen LogP contribution in [-0.2, 0) is 16.5 Å². The predicted octanol–water partition coefficient (Wildman–Crippen LogP) is 2.45. The zero-order chi connectivity index (χ0) is 12.2. The highest BCUT2D eigenvalue weighted by atomic mass is 32.2. The minimum absolute atomic E-state index is 0.243. The Kier molecular flexibility index (Phi) is 3.88. The smallest absolute Gasteiger partial charge is 0.274 e. The van der Waals surface area contributed by atoms with Crippen LogP contribution >= 0.6 is 0 Å². The molecule has 0 amide bonds. The molecule has 0 saturated heterocycles. The van der Waals surface area contributed by atoms with Crippen molar-refractivity contribution in [1.82, 2.24) is 0 Å². The van der Waals surface area contributed by atoms with Crippen molar-refractivity contribution in [3.8, 4) is 0 Å². The van der Waals surface area contributed by atoms with Gasteiger partial charge in [-0.1, -0.05) is 43.3 Å². The van der Waals surface area contributed by atoms with Gasteiger partial charge in [-0.05, 0) is 18.4 Å². The van der Waals surface area contributed by atoms with Crippen molar-refractivity contribution in [1.29, 1.82) is 0 Å². The van der Waals surface area contributed by atoms with Gasteiger partial charge in [0.15, 0.2) is 0 Å². The number of benzene rings is 1. The molecule has 3 nitrogen and oxygen atoms in total. The van der Waals surface area contributed by atoms with Crippen LogP contribution in [0.5, 0.6) is 0 Å². The third kappa shape index (κ3) is 2.51. The standard InChI is InChI=1S/C12H16O3S/c1-3-12(4-2,16(13,14)15)10-11-8-6-5-7-9-11/h3,5-9H,1,4,10H2,2H3,(H,13,14,15).